The lowest BCUT2D eigenvalue weighted by Gasteiger charge is -2.27. The molecule has 0 spiro atoms. The zero-order valence-corrected chi connectivity index (χ0v) is 19.7. The third-order valence-electron chi connectivity index (χ3n) is 6.23. The van der Waals surface area contributed by atoms with Crippen molar-refractivity contribution >= 4 is 28.2 Å². The van der Waals surface area contributed by atoms with E-state index in [1.807, 2.05) is 32.2 Å². The van der Waals surface area contributed by atoms with Crippen LogP contribution in [0.4, 0.5) is 17.5 Å². The molecule has 0 aromatic carbocycles. The van der Waals surface area contributed by atoms with Crippen LogP contribution in [-0.4, -0.2) is 36.9 Å². The number of anilines is 3. The van der Waals surface area contributed by atoms with Crippen molar-refractivity contribution in [3.63, 3.8) is 0 Å². The number of aliphatic hydroxyl groups excluding tert-OH is 1. The van der Waals surface area contributed by atoms with Gasteiger partial charge < -0.3 is 25.4 Å². The van der Waals surface area contributed by atoms with Crippen molar-refractivity contribution in [2.75, 3.05) is 10.6 Å². The third kappa shape index (κ3) is 5.17. The maximum Gasteiger partial charge on any atom is 0.262 e. The van der Waals surface area contributed by atoms with E-state index < -0.39 is 5.60 Å². The average Bonchev–Trinajstić information content (AvgIpc) is 2.75. The normalized spacial score (nSPS) is 19.1. The number of hydrogen-bond acceptors (Lipinski definition) is 7. The maximum atomic E-state index is 13.3. The summed E-state index contributed by atoms with van der Waals surface area (Å²) in [4.78, 5) is 22.4. The van der Waals surface area contributed by atoms with Gasteiger partial charge in [0.15, 0.2) is 0 Å². The van der Waals surface area contributed by atoms with Crippen LogP contribution < -0.4 is 16.2 Å². The molecule has 1 saturated carbocycles. The van der Waals surface area contributed by atoms with Crippen LogP contribution in [0.3, 0.4) is 0 Å². The lowest BCUT2D eigenvalue weighted by atomic mass is 9.93. The highest BCUT2D eigenvalue weighted by molar-refractivity contribution is 5.93. The Hall–Kier alpha value is -2.97. The van der Waals surface area contributed by atoms with E-state index in [1.165, 1.54) is 0 Å². The monoisotopic (exact) mass is 451 g/mol. The van der Waals surface area contributed by atoms with Crippen LogP contribution in [0.2, 0.25) is 0 Å². The first-order valence-corrected chi connectivity index (χ1v) is 11.6. The van der Waals surface area contributed by atoms with E-state index in [-0.39, 0.29) is 23.7 Å². The van der Waals surface area contributed by atoms with Gasteiger partial charge in [-0.2, -0.15) is 0 Å². The molecule has 0 bridgehead atoms. The molecule has 8 heteroatoms. The van der Waals surface area contributed by atoms with Gasteiger partial charge in [-0.15, -0.1) is 0 Å². The maximum absolute atomic E-state index is 13.3. The highest BCUT2D eigenvalue weighted by atomic mass is 16.3. The van der Waals surface area contributed by atoms with E-state index in [1.54, 1.807) is 36.7 Å². The van der Waals surface area contributed by atoms with Gasteiger partial charge in [0.1, 0.15) is 17.5 Å². The van der Waals surface area contributed by atoms with Crippen LogP contribution in [0.15, 0.2) is 41.5 Å². The second-order valence-corrected chi connectivity index (χ2v) is 9.71. The van der Waals surface area contributed by atoms with Gasteiger partial charge in [-0.05, 0) is 88.6 Å². The average molecular weight is 452 g/mol. The number of fused-ring (bicyclic) bond motifs is 1. The zero-order valence-electron chi connectivity index (χ0n) is 19.7. The number of hydrogen-bond donors (Lipinski definition) is 4. The fourth-order valence-electron chi connectivity index (χ4n) is 4.28. The Balaban J connectivity index is 1.75. The summed E-state index contributed by atoms with van der Waals surface area (Å²) in [5.74, 6) is 1.65. The fraction of sp³-hybridized carbons (Fsp3) is 0.480. The van der Waals surface area contributed by atoms with Crippen molar-refractivity contribution < 1.29 is 10.2 Å². The third-order valence-corrected chi connectivity index (χ3v) is 6.23. The summed E-state index contributed by atoms with van der Waals surface area (Å²) in [5, 5.41) is 28.2. The van der Waals surface area contributed by atoms with E-state index in [0.717, 1.165) is 36.6 Å². The summed E-state index contributed by atoms with van der Waals surface area (Å²) in [6, 6.07) is 7.51. The van der Waals surface area contributed by atoms with Crippen LogP contribution in [0.1, 0.15) is 65.0 Å². The van der Waals surface area contributed by atoms with Gasteiger partial charge in [0.2, 0.25) is 0 Å². The van der Waals surface area contributed by atoms with Crippen LogP contribution in [-0.2, 0) is 5.60 Å². The Bertz CT molecular complexity index is 1190. The Morgan fingerprint density at radius 1 is 1.12 bits per heavy atom. The molecular weight excluding hydrogens is 418 g/mol. The first-order valence-electron chi connectivity index (χ1n) is 11.6. The number of nitrogens with one attached hydrogen (secondary N) is 2. The van der Waals surface area contributed by atoms with Gasteiger partial charge in [-0.1, -0.05) is 0 Å². The minimum Gasteiger partial charge on any atom is -0.393 e. The fourth-order valence-corrected chi connectivity index (χ4v) is 4.28. The summed E-state index contributed by atoms with van der Waals surface area (Å²) < 4.78 is 1.71. The molecule has 1 aliphatic carbocycles. The topological polar surface area (TPSA) is 112 Å². The molecule has 3 aromatic heterocycles. The highest BCUT2D eigenvalue weighted by Crippen LogP contribution is 2.29. The van der Waals surface area contributed by atoms with Gasteiger partial charge >= 0.3 is 0 Å². The number of rotatable bonds is 6. The van der Waals surface area contributed by atoms with Crippen molar-refractivity contribution in [3.8, 4) is 0 Å². The van der Waals surface area contributed by atoms with Gasteiger partial charge in [-0.25, -0.2) is 9.97 Å². The summed E-state index contributed by atoms with van der Waals surface area (Å²) in [5.41, 5.74) is -0.335. The van der Waals surface area contributed by atoms with Gasteiger partial charge in [-0.3, -0.25) is 4.79 Å². The van der Waals surface area contributed by atoms with Crippen LogP contribution in [0.25, 0.3) is 10.8 Å². The van der Waals surface area contributed by atoms with Gasteiger partial charge in [0.25, 0.3) is 5.56 Å². The molecule has 0 radical (unpaired) electrons. The van der Waals surface area contributed by atoms with Crippen molar-refractivity contribution in [1.82, 2.24) is 14.5 Å². The highest BCUT2D eigenvalue weighted by Gasteiger charge is 2.22. The van der Waals surface area contributed by atoms with Crippen LogP contribution >= 0.6 is 0 Å². The summed E-state index contributed by atoms with van der Waals surface area (Å²) >= 11 is 0. The molecule has 3 aromatic rings. The first kappa shape index (κ1) is 23.2. The molecule has 8 nitrogen and oxygen atoms in total. The summed E-state index contributed by atoms with van der Waals surface area (Å²) in [7, 11) is 0. The number of pyridine rings is 3. The van der Waals surface area contributed by atoms with Crippen molar-refractivity contribution in [2.45, 2.75) is 77.2 Å². The van der Waals surface area contributed by atoms with Crippen molar-refractivity contribution in [3.05, 3.63) is 52.6 Å². The van der Waals surface area contributed by atoms with E-state index in [4.69, 9.17) is 4.98 Å². The van der Waals surface area contributed by atoms with Gasteiger partial charge in [0, 0.05) is 24.5 Å². The largest absolute Gasteiger partial charge is 0.393 e. The Morgan fingerprint density at radius 2 is 1.85 bits per heavy atom. The second kappa shape index (κ2) is 9.11. The SMILES string of the molecule is CC(C)n1ccc2cc(Nc3cc(C(C)(C)O)ccn3)nc(N[C@H]3CC[C@@H](O)CC3)c2c1=O. The van der Waals surface area contributed by atoms with Crippen LogP contribution in [0, 0.1) is 0 Å². The molecule has 4 rings (SSSR count). The summed E-state index contributed by atoms with van der Waals surface area (Å²) in [6.07, 6.45) is 6.31. The smallest absolute Gasteiger partial charge is 0.262 e. The molecule has 0 unspecified atom stereocenters. The minimum absolute atomic E-state index is 0.0335. The molecular formula is C25H33N5O3. The lowest BCUT2D eigenvalue weighted by molar-refractivity contribution is 0.0785. The number of nitrogens with zero attached hydrogens (tertiary/aromatic N) is 3. The quantitative estimate of drug-likeness (QED) is 0.447. The molecule has 0 aliphatic heterocycles. The van der Waals surface area contributed by atoms with Gasteiger partial charge in [0.05, 0.1) is 17.1 Å². The molecule has 4 N–H and O–H groups in total. The number of aliphatic hydroxyl groups is 2. The van der Waals surface area contributed by atoms with Crippen LogP contribution in [0.5, 0.6) is 0 Å². The molecule has 33 heavy (non-hydrogen) atoms. The van der Waals surface area contributed by atoms with E-state index >= 15 is 0 Å². The first-order chi connectivity index (χ1) is 15.6. The molecule has 0 amide bonds. The second-order valence-electron chi connectivity index (χ2n) is 9.71. The molecule has 0 saturated heterocycles. The van der Waals surface area contributed by atoms with Crippen molar-refractivity contribution in [1.29, 1.82) is 0 Å². The minimum atomic E-state index is -0.990. The predicted molar refractivity (Wildman–Crippen MR) is 131 cm³/mol. The molecule has 3 heterocycles. The molecule has 1 fully saturated rings. The van der Waals surface area contributed by atoms with E-state index in [0.29, 0.717) is 22.8 Å². The molecule has 0 atom stereocenters. The predicted octanol–water partition coefficient (Wildman–Crippen LogP) is 4.06. The molecule has 176 valence electrons. The Kier molecular flexibility index (Phi) is 6.41. The standard InChI is InChI=1S/C25H33N5O3/c1-15(2)30-12-10-16-13-21(28-20-14-17(9-11-26-20)25(3,4)33)29-23(22(16)24(30)32)27-18-5-7-19(31)8-6-18/h9-15,18-19,31,33H,5-8H2,1-4H3,(H2,26,27,28,29)/t18-,19+. The molecule has 1 aliphatic rings. The van der Waals surface area contributed by atoms with Crippen molar-refractivity contribution in [2.24, 2.45) is 0 Å². The Morgan fingerprint density at radius 3 is 2.52 bits per heavy atom. The summed E-state index contributed by atoms with van der Waals surface area (Å²) in [6.45, 7) is 7.41. The lowest BCUT2D eigenvalue weighted by Crippen LogP contribution is -2.30. The zero-order chi connectivity index (χ0) is 23.8. The number of aromatic nitrogens is 3. The van der Waals surface area contributed by atoms with E-state index in [9.17, 15) is 15.0 Å². The van der Waals surface area contributed by atoms with E-state index in [2.05, 4.69) is 15.6 Å². The Labute approximate surface area is 193 Å².